The summed E-state index contributed by atoms with van der Waals surface area (Å²) in [4.78, 5) is 14.6. The predicted molar refractivity (Wildman–Crippen MR) is 84.1 cm³/mol. The molecule has 0 radical (unpaired) electrons. The highest BCUT2D eigenvalue weighted by molar-refractivity contribution is 5.90. The van der Waals surface area contributed by atoms with E-state index in [1.807, 2.05) is 18.5 Å². The smallest absolute Gasteiger partial charge is 0.341 e. The second-order valence-electron chi connectivity index (χ2n) is 6.86. The average Bonchev–Trinajstić information content (AvgIpc) is 2.81. The molecule has 0 aromatic carbocycles. The van der Waals surface area contributed by atoms with Crippen molar-refractivity contribution < 1.29 is 14.3 Å². The van der Waals surface area contributed by atoms with Crippen LogP contribution in [0, 0.1) is 6.92 Å². The lowest BCUT2D eigenvalue weighted by Crippen LogP contribution is -2.41. The number of carbonyl (C=O) groups excluding carboxylic acids is 1. The molecule has 0 unspecified atom stereocenters. The third kappa shape index (κ3) is 4.08. The van der Waals surface area contributed by atoms with E-state index in [2.05, 4.69) is 30.8 Å². The van der Waals surface area contributed by atoms with Gasteiger partial charge >= 0.3 is 5.97 Å². The highest BCUT2D eigenvalue weighted by Gasteiger charge is 2.24. The van der Waals surface area contributed by atoms with Gasteiger partial charge in [0, 0.05) is 19.6 Å². The molecule has 0 amide bonds. The van der Waals surface area contributed by atoms with Gasteiger partial charge in [-0.2, -0.15) is 5.10 Å². The molecule has 0 saturated carbocycles. The largest absolute Gasteiger partial charge is 0.458 e. The van der Waals surface area contributed by atoms with Gasteiger partial charge in [0.25, 0.3) is 0 Å². The molecule has 1 fully saturated rings. The summed E-state index contributed by atoms with van der Waals surface area (Å²) < 4.78 is 12.8. The summed E-state index contributed by atoms with van der Waals surface area (Å²) in [6, 6.07) is 0. The quantitative estimate of drug-likeness (QED) is 0.794. The van der Waals surface area contributed by atoms with E-state index in [4.69, 9.17) is 9.47 Å². The fourth-order valence-electron chi connectivity index (χ4n) is 2.72. The van der Waals surface area contributed by atoms with E-state index < -0.39 is 0 Å². The van der Waals surface area contributed by atoms with Crippen LogP contribution in [0.25, 0.3) is 0 Å². The molecule has 1 aromatic heterocycles. The second kappa shape index (κ2) is 6.79. The highest BCUT2D eigenvalue weighted by atomic mass is 16.5. The first-order valence-electron chi connectivity index (χ1n) is 7.85. The topological polar surface area (TPSA) is 56.6 Å². The number of hydrogen-bond acceptors (Lipinski definition) is 5. The second-order valence-corrected chi connectivity index (χ2v) is 6.86. The van der Waals surface area contributed by atoms with Crippen LogP contribution in [0.1, 0.15) is 43.7 Å². The molecule has 0 bridgehead atoms. The maximum Gasteiger partial charge on any atom is 0.341 e. The van der Waals surface area contributed by atoms with Crippen molar-refractivity contribution in [2.24, 2.45) is 0 Å². The Bertz CT molecular complexity index is 513. The molecule has 0 N–H and O–H groups in total. The molecular weight excluding hydrogens is 282 g/mol. The lowest BCUT2D eigenvalue weighted by atomic mass is 10.1. The third-order valence-electron chi connectivity index (χ3n) is 3.79. The monoisotopic (exact) mass is 309 g/mol. The highest BCUT2D eigenvalue weighted by Crippen LogP contribution is 2.19. The van der Waals surface area contributed by atoms with E-state index in [0.717, 1.165) is 38.5 Å². The van der Waals surface area contributed by atoms with Gasteiger partial charge in [-0.25, -0.2) is 4.79 Å². The number of carbonyl (C=O) groups is 1. The number of morpholine rings is 1. The van der Waals surface area contributed by atoms with E-state index in [0.29, 0.717) is 5.56 Å². The molecule has 2 heterocycles. The van der Waals surface area contributed by atoms with Crippen molar-refractivity contribution in [3.63, 3.8) is 0 Å². The van der Waals surface area contributed by atoms with Crippen LogP contribution in [0.15, 0.2) is 6.20 Å². The van der Waals surface area contributed by atoms with Gasteiger partial charge < -0.3 is 9.47 Å². The minimum absolute atomic E-state index is 0.150. The van der Waals surface area contributed by atoms with Crippen LogP contribution in [-0.4, -0.2) is 59.6 Å². The van der Waals surface area contributed by atoms with Crippen molar-refractivity contribution in [2.45, 2.75) is 46.3 Å². The number of esters is 1. The number of aromatic nitrogens is 2. The zero-order valence-corrected chi connectivity index (χ0v) is 14.3. The first-order chi connectivity index (χ1) is 10.3. The summed E-state index contributed by atoms with van der Waals surface area (Å²) in [6.45, 7) is 14.0. The first kappa shape index (κ1) is 17.0. The summed E-state index contributed by atoms with van der Waals surface area (Å²) in [5, 5.41) is 4.32. The Kier molecular flexibility index (Phi) is 5.24. The first-order valence-corrected chi connectivity index (χ1v) is 7.85. The molecule has 124 valence electrons. The Hall–Kier alpha value is -1.40. The van der Waals surface area contributed by atoms with E-state index in [-0.39, 0.29) is 17.6 Å². The van der Waals surface area contributed by atoms with Gasteiger partial charge in [-0.05, 0) is 34.6 Å². The Labute approximate surface area is 132 Å². The van der Waals surface area contributed by atoms with Crippen LogP contribution in [0.5, 0.6) is 0 Å². The Morgan fingerprint density at radius 3 is 2.59 bits per heavy atom. The van der Waals surface area contributed by atoms with Crippen molar-refractivity contribution in [2.75, 3.05) is 32.8 Å². The average molecular weight is 309 g/mol. The third-order valence-corrected chi connectivity index (χ3v) is 3.79. The molecule has 22 heavy (non-hydrogen) atoms. The van der Waals surface area contributed by atoms with Crippen LogP contribution in [-0.2, 0) is 15.0 Å². The molecule has 1 atom stereocenters. The molecule has 1 aliphatic heterocycles. The van der Waals surface area contributed by atoms with Gasteiger partial charge in [0.1, 0.15) is 11.7 Å². The predicted octanol–water partition coefficient (Wildman–Crippen LogP) is 1.82. The molecule has 2 rings (SSSR count). The summed E-state index contributed by atoms with van der Waals surface area (Å²) >= 11 is 0. The zero-order valence-electron chi connectivity index (χ0n) is 14.3. The summed E-state index contributed by atoms with van der Waals surface area (Å²) in [5.74, 6) is -0.297. The van der Waals surface area contributed by atoms with Crippen molar-refractivity contribution in [3.8, 4) is 0 Å². The summed E-state index contributed by atoms with van der Waals surface area (Å²) in [6.07, 6.45) is 1.45. The Morgan fingerprint density at radius 1 is 1.41 bits per heavy atom. The van der Waals surface area contributed by atoms with Crippen LogP contribution >= 0.6 is 0 Å². The molecule has 0 spiro atoms. The molecule has 1 saturated heterocycles. The molecule has 1 aromatic rings. The van der Waals surface area contributed by atoms with E-state index >= 15 is 0 Å². The van der Waals surface area contributed by atoms with Crippen molar-refractivity contribution in [1.29, 1.82) is 0 Å². The van der Waals surface area contributed by atoms with Crippen LogP contribution in [0.3, 0.4) is 0 Å². The zero-order chi connectivity index (χ0) is 16.3. The van der Waals surface area contributed by atoms with Gasteiger partial charge in [0.2, 0.25) is 0 Å². The molecule has 1 aliphatic rings. The SMILES string of the molecule is Cc1c(C(=O)O[C@@H](C)CN2CCOCC2)cnn1C(C)(C)C. The fraction of sp³-hybridized carbons (Fsp3) is 0.750. The van der Waals surface area contributed by atoms with E-state index in [1.54, 1.807) is 6.20 Å². The molecular formula is C16H27N3O3. The summed E-state index contributed by atoms with van der Waals surface area (Å²) in [7, 11) is 0. The van der Waals surface area contributed by atoms with E-state index in [9.17, 15) is 4.79 Å². The maximum atomic E-state index is 12.3. The molecule has 6 nitrogen and oxygen atoms in total. The maximum absolute atomic E-state index is 12.3. The number of ether oxygens (including phenoxy) is 2. The Balaban J connectivity index is 1.95. The molecule has 6 heteroatoms. The van der Waals surface area contributed by atoms with Gasteiger partial charge in [0.05, 0.1) is 30.6 Å². The van der Waals surface area contributed by atoms with Gasteiger partial charge in [-0.15, -0.1) is 0 Å². The normalized spacial score (nSPS) is 18.2. The minimum Gasteiger partial charge on any atom is -0.458 e. The van der Waals surface area contributed by atoms with Gasteiger partial charge in [-0.1, -0.05) is 0 Å². The number of nitrogens with zero attached hydrogens (tertiary/aromatic N) is 3. The van der Waals surface area contributed by atoms with Crippen LogP contribution < -0.4 is 0 Å². The lowest BCUT2D eigenvalue weighted by Gasteiger charge is -2.28. The Morgan fingerprint density at radius 2 is 2.05 bits per heavy atom. The van der Waals surface area contributed by atoms with Crippen molar-refractivity contribution in [1.82, 2.24) is 14.7 Å². The lowest BCUT2D eigenvalue weighted by molar-refractivity contribution is 0.000398. The standard InChI is InChI=1S/C16H27N3O3/c1-12(11-18-6-8-21-9-7-18)22-15(20)14-10-17-19(13(14)2)16(3,4)5/h10,12H,6-9,11H2,1-5H3/t12-/m0/s1. The van der Waals surface area contributed by atoms with Crippen molar-refractivity contribution >= 4 is 5.97 Å². The summed E-state index contributed by atoms with van der Waals surface area (Å²) in [5.41, 5.74) is 1.24. The van der Waals surface area contributed by atoms with Crippen LogP contribution in [0.4, 0.5) is 0 Å². The van der Waals surface area contributed by atoms with E-state index in [1.165, 1.54) is 0 Å². The van der Waals surface area contributed by atoms with Gasteiger partial charge in [0.15, 0.2) is 0 Å². The van der Waals surface area contributed by atoms with Gasteiger partial charge in [-0.3, -0.25) is 9.58 Å². The number of rotatable bonds is 4. The van der Waals surface area contributed by atoms with Crippen molar-refractivity contribution in [3.05, 3.63) is 17.5 Å². The molecule has 0 aliphatic carbocycles. The fourth-order valence-corrected chi connectivity index (χ4v) is 2.72. The minimum atomic E-state index is -0.297. The number of hydrogen-bond donors (Lipinski definition) is 0. The van der Waals surface area contributed by atoms with Crippen LogP contribution in [0.2, 0.25) is 0 Å².